The van der Waals surface area contributed by atoms with E-state index in [4.69, 9.17) is 15.5 Å². The predicted octanol–water partition coefficient (Wildman–Crippen LogP) is 3.13. The van der Waals surface area contributed by atoms with Crippen molar-refractivity contribution in [1.29, 1.82) is 0 Å². The Bertz CT molecular complexity index is 1460. The van der Waals surface area contributed by atoms with E-state index in [1.165, 1.54) is 0 Å². The lowest BCUT2D eigenvalue weighted by molar-refractivity contribution is 0.122. The number of aromatic amines is 2. The molecule has 1 aliphatic heterocycles. The number of aromatic nitrogens is 5. The topological polar surface area (TPSA) is 150 Å². The molecule has 0 bridgehead atoms. The number of nitrogen functional groups attached to an aromatic ring is 1. The summed E-state index contributed by atoms with van der Waals surface area (Å²) in [5.41, 5.74) is 10.5. The number of nitrogens with zero attached hydrogens (tertiary/aromatic N) is 5. The number of anilines is 3. The molecule has 0 saturated carbocycles. The number of benzene rings is 1. The lowest BCUT2D eigenvalue weighted by Crippen LogP contribution is -2.36. The summed E-state index contributed by atoms with van der Waals surface area (Å²) >= 11 is 0. The van der Waals surface area contributed by atoms with Crippen LogP contribution in [0.25, 0.3) is 22.4 Å². The minimum absolute atomic E-state index is 0.266. The Hall–Kier alpha value is -4.25. The highest BCUT2D eigenvalue weighted by molar-refractivity contribution is 5.95. The van der Waals surface area contributed by atoms with Crippen molar-refractivity contribution >= 4 is 34.3 Å². The Balaban J connectivity index is 1.61. The summed E-state index contributed by atoms with van der Waals surface area (Å²) in [4.78, 5) is 39.8. The van der Waals surface area contributed by atoms with Gasteiger partial charge in [0.1, 0.15) is 17.2 Å². The fraction of sp³-hybridized carbons (Fsp3) is 0.346. The van der Waals surface area contributed by atoms with Crippen LogP contribution in [0.1, 0.15) is 37.8 Å². The smallest absolute Gasteiger partial charge is 0.261 e. The molecule has 5 N–H and O–H groups in total. The van der Waals surface area contributed by atoms with E-state index >= 15 is 0 Å². The Morgan fingerprint density at radius 2 is 2.00 bits per heavy atom. The fourth-order valence-electron chi connectivity index (χ4n) is 4.44. The lowest BCUT2D eigenvalue weighted by atomic mass is 10.1. The normalized spacial score (nSPS) is 14.9. The number of ether oxygens (including phenoxy) is 1. The standard InChI is InChI=1S/C26H31N9O2/c1-3-17(24-29-8-5-9-30-24)31-23-21(26(36)34-20(22(23)27)15-28-4-2)25-32-18-7-6-16(14-19(18)33-25)35-10-12-37-13-11-35/h5-9,14-15,17H,3-4,10-13,27H2,1-2H3,(H,32,33)(H2,31,34,36). The van der Waals surface area contributed by atoms with Crippen molar-refractivity contribution in [2.24, 2.45) is 4.99 Å². The number of H-pyrrole nitrogens is 2. The van der Waals surface area contributed by atoms with Gasteiger partial charge in [-0.1, -0.05) is 6.92 Å². The Morgan fingerprint density at radius 1 is 1.22 bits per heavy atom. The number of morpholine rings is 1. The molecular weight excluding hydrogens is 470 g/mol. The van der Waals surface area contributed by atoms with E-state index in [9.17, 15) is 4.79 Å². The molecule has 4 aromatic rings. The monoisotopic (exact) mass is 501 g/mol. The molecule has 0 radical (unpaired) electrons. The van der Waals surface area contributed by atoms with Gasteiger partial charge in [0.05, 0.1) is 47.4 Å². The largest absolute Gasteiger partial charge is 0.395 e. The van der Waals surface area contributed by atoms with Crippen molar-refractivity contribution in [3.63, 3.8) is 0 Å². The quantitative estimate of drug-likeness (QED) is 0.269. The third-order valence-electron chi connectivity index (χ3n) is 6.39. The maximum Gasteiger partial charge on any atom is 0.261 e. The second kappa shape index (κ2) is 10.8. The third kappa shape index (κ3) is 5.03. The summed E-state index contributed by atoms with van der Waals surface area (Å²) < 4.78 is 5.48. The Labute approximate surface area is 214 Å². The zero-order valence-electron chi connectivity index (χ0n) is 21.0. The number of hydrogen-bond acceptors (Lipinski definition) is 9. The highest BCUT2D eigenvalue weighted by Gasteiger charge is 2.23. The van der Waals surface area contributed by atoms with E-state index in [-0.39, 0.29) is 11.6 Å². The summed E-state index contributed by atoms with van der Waals surface area (Å²) in [6, 6.07) is 7.55. The lowest BCUT2D eigenvalue weighted by Gasteiger charge is -2.28. The van der Waals surface area contributed by atoms with Crippen LogP contribution in [0.2, 0.25) is 0 Å². The van der Waals surface area contributed by atoms with Crippen LogP contribution in [0.4, 0.5) is 17.1 Å². The third-order valence-corrected chi connectivity index (χ3v) is 6.39. The maximum absolute atomic E-state index is 13.4. The summed E-state index contributed by atoms with van der Waals surface area (Å²) in [7, 11) is 0. The molecule has 0 amide bonds. The van der Waals surface area contributed by atoms with Crippen LogP contribution < -0.4 is 21.5 Å². The highest BCUT2D eigenvalue weighted by Crippen LogP contribution is 2.34. The number of nitrogens with two attached hydrogens (primary N) is 1. The van der Waals surface area contributed by atoms with Crippen molar-refractivity contribution in [2.45, 2.75) is 26.3 Å². The molecule has 3 aromatic heterocycles. The first-order chi connectivity index (χ1) is 18.1. The maximum atomic E-state index is 13.4. The molecule has 0 aliphatic carbocycles. The van der Waals surface area contributed by atoms with Crippen LogP contribution >= 0.6 is 0 Å². The van der Waals surface area contributed by atoms with E-state index in [0.29, 0.717) is 60.5 Å². The minimum Gasteiger partial charge on any atom is -0.395 e. The Morgan fingerprint density at radius 3 is 2.73 bits per heavy atom. The first-order valence-corrected chi connectivity index (χ1v) is 12.5. The fourth-order valence-corrected chi connectivity index (χ4v) is 4.44. The van der Waals surface area contributed by atoms with Gasteiger partial charge in [-0.2, -0.15) is 0 Å². The number of imidazole rings is 1. The molecule has 11 heteroatoms. The number of fused-ring (bicyclic) bond motifs is 1. The summed E-state index contributed by atoms with van der Waals surface area (Å²) in [5.74, 6) is 1.03. The summed E-state index contributed by atoms with van der Waals surface area (Å²) in [6.07, 6.45) is 5.65. The molecule has 5 rings (SSSR count). The van der Waals surface area contributed by atoms with Crippen LogP contribution in [0.15, 0.2) is 46.4 Å². The van der Waals surface area contributed by atoms with Gasteiger partial charge in [0.15, 0.2) is 0 Å². The van der Waals surface area contributed by atoms with E-state index in [0.717, 1.165) is 29.8 Å². The Kier molecular flexibility index (Phi) is 7.13. The van der Waals surface area contributed by atoms with Gasteiger partial charge < -0.3 is 30.7 Å². The number of nitrogens with one attached hydrogen (secondary N) is 3. The summed E-state index contributed by atoms with van der Waals surface area (Å²) in [5, 5.41) is 3.43. The summed E-state index contributed by atoms with van der Waals surface area (Å²) in [6.45, 7) is 7.56. The van der Waals surface area contributed by atoms with Crippen molar-refractivity contribution in [1.82, 2.24) is 24.9 Å². The molecule has 1 fully saturated rings. The SMILES string of the molecule is CCN=Cc1[nH]c(=O)c(-c2nc3ccc(N4CCOCC4)cc3[nH]2)c(NC(CC)c2ncccn2)c1N. The molecule has 1 saturated heterocycles. The molecule has 11 nitrogen and oxygen atoms in total. The molecule has 192 valence electrons. The first-order valence-electron chi connectivity index (χ1n) is 12.5. The van der Waals surface area contributed by atoms with Crippen molar-refractivity contribution < 1.29 is 4.74 Å². The van der Waals surface area contributed by atoms with Crippen LogP contribution in [0.3, 0.4) is 0 Å². The predicted molar refractivity (Wildman–Crippen MR) is 146 cm³/mol. The van der Waals surface area contributed by atoms with Crippen LogP contribution in [0.5, 0.6) is 0 Å². The van der Waals surface area contributed by atoms with Crippen molar-refractivity contribution in [3.8, 4) is 11.4 Å². The molecule has 1 unspecified atom stereocenters. The average molecular weight is 502 g/mol. The second-order valence-corrected chi connectivity index (χ2v) is 8.76. The second-order valence-electron chi connectivity index (χ2n) is 8.76. The van der Waals surface area contributed by atoms with Crippen LogP contribution in [-0.4, -0.2) is 64.0 Å². The number of rotatable bonds is 8. The number of aliphatic imine (C=N–C) groups is 1. The number of pyridine rings is 1. The van der Waals surface area contributed by atoms with Gasteiger partial charge in [-0.05, 0) is 37.6 Å². The van der Waals surface area contributed by atoms with Crippen molar-refractivity contribution in [3.05, 3.63) is 58.5 Å². The minimum atomic E-state index is -0.328. The van der Waals surface area contributed by atoms with E-state index < -0.39 is 0 Å². The zero-order chi connectivity index (χ0) is 25.8. The molecule has 4 heterocycles. The van der Waals surface area contributed by atoms with Gasteiger partial charge in [0, 0.05) is 43.9 Å². The van der Waals surface area contributed by atoms with Gasteiger partial charge in [-0.3, -0.25) is 9.79 Å². The average Bonchev–Trinajstić information content (AvgIpc) is 3.36. The number of hydrogen-bond donors (Lipinski definition) is 4. The molecule has 1 aromatic carbocycles. The van der Waals surface area contributed by atoms with Gasteiger partial charge in [-0.15, -0.1) is 0 Å². The zero-order valence-corrected chi connectivity index (χ0v) is 21.0. The van der Waals surface area contributed by atoms with Gasteiger partial charge in [0.25, 0.3) is 5.56 Å². The van der Waals surface area contributed by atoms with Crippen LogP contribution in [-0.2, 0) is 4.74 Å². The van der Waals surface area contributed by atoms with Gasteiger partial charge >= 0.3 is 0 Å². The van der Waals surface area contributed by atoms with Crippen molar-refractivity contribution in [2.75, 3.05) is 48.8 Å². The highest BCUT2D eigenvalue weighted by atomic mass is 16.5. The van der Waals surface area contributed by atoms with E-state index in [2.05, 4.69) is 41.2 Å². The van der Waals surface area contributed by atoms with Gasteiger partial charge in [0.2, 0.25) is 0 Å². The molecule has 1 atom stereocenters. The van der Waals surface area contributed by atoms with Crippen LogP contribution in [0, 0.1) is 0 Å². The first kappa shape index (κ1) is 24.4. The van der Waals surface area contributed by atoms with Gasteiger partial charge in [-0.25, -0.2) is 15.0 Å². The molecule has 0 spiro atoms. The molecule has 37 heavy (non-hydrogen) atoms. The molecule has 1 aliphatic rings. The van der Waals surface area contributed by atoms with E-state index in [1.54, 1.807) is 24.7 Å². The van der Waals surface area contributed by atoms with E-state index in [1.807, 2.05) is 26.0 Å². The molecular formula is C26H31N9O2.